The van der Waals surface area contributed by atoms with Crippen molar-refractivity contribution in [2.75, 3.05) is 66.6 Å². The monoisotopic (exact) mass is 876 g/mol. The lowest BCUT2D eigenvalue weighted by molar-refractivity contribution is -0.146. The number of hydrogen-bond donors (Lipinski definition) is 0. The number of esters is 2. The van der Waals surface area contributed by atoms with E-state index in [0.29, 0.717) is 37.9 Å². The van der Waals surface area contributed by atoms with Gasteiger partial charge in [-0.1, -0.05) is 175 Å². The standard InChI is InChI=1S/C55H109N3O4/c1-7-11-15-19-21-27-37-51(35-25-17-13-9-3)49-61-54(59)41-29-23-31-44-57(47-48-58(53-39-33-40-53)46-34-43-56(5)6)45-32-24-30-42-55(60)62-50-52(36-26-18-14-10-4)38-28-22-20-16-12-8-2/h51-53H,7-50H2,1-6H3. The second-order valence-corrected chi connectivity index (χ2v) is 20.2. The highest BCUT2D eigenvalue weighted by Gasteiger charge is 2.25. The molecule has 2 unspecified atom stereocenters. The summed E-state index contributed by atoms with van der Waals surface area (Å²) in [6.07, 6.45) is 43.7. The van der Waals surface area contributed by atoms with E-state index in [-0.39, 0.29) is 11.9 Å². The maximum absolute atomic E-state index is 12.9. The van der Waals surface area contributed by atoms with Crippen molar-refractivity contribution < 1.29 is 19.1 Å². The van der Waals surface area contributed by atoms with Crippen LogP contribution in [0.3, 0.4) is 0 Å². The van der Waals surface area contributed by atoms with Crippen LogP contribution in [-0.2, 0) is 19.1 Å². The van der Waals surface area contributed by atoms with Crippen LogP contribution in [0.25, 0.3) is 0 Å². The van der Waals surface area contributed by atoms with Gasteiger partial charge in [-0.15, -0.1) is 0 Å². The molecule has 7 nitrogen and oxygen atoms in total. The van der Waals surface area contributed by atoms with Crippen molar-refractivity contribution in [2.24, 2.45) is 11.8 Å². The van der Waals surface area contributed by atoms with Gasteiger partial charge < -0.3 is 19.3 Å². The van der Waals surface area contributed by atoms with E-state index in [1.54, 1.807) is 0 Å². The lowest BCUT2D eigenvalue weighted by atomic mass is 9.91. The van der Waals surface area contributed by atoms with Crippen LogP contribution in [0.15, 0.2) is 0 Å². The van der Waals surface area contributed by atoms with Gasteiger partial charge in [-0.2, -0.15) is 0 Å². The molecule has 0 aliphatic heterocycles. The average Bonchev–Trinajstić information content (AvgIpc) is 3.24. The number of hydrogen-bond acceptors (Lipinski definition) is 7. The van der Waals surface area contributed by atoms with Gasteiger partial charge in [0.1, 0.15) is 0 Å². The number of rotatable bonds is 48. The van der Waals surface area contributed by atoms with Gasteiger partial charge in [0.2, 0.25) is 0 Å². The third-order valence-corrected chi connectivity index (χ3v) is 13.9. The van der Waals surface area contributed by atoms with E-state index in [1.807, 2.05) is 0 Å². The highest BCUT2D eigenvalue weighted by atomic mass is 16.5. The largest absolute Gasteiger partial charge is 0.465 e. The number of carbonyl (C=O) groups is 2. The lowest BCUT2D eigenvalue weighted by Crippen LogP contribution is -2.45. The summed E-state index contributed by atoms with van der Waals surface area (Å²) < 4.78 is 11.8. The van der Waals surface area contributed by atoms with Crippen LogP contribution in [-0.4, -0.2) is 99.3 Å². The molecule has 7 heteroatoms. The predicted molar refractivity (Wildman–Crippen MR) is 268 cm³/mol. The van der Waals surface area contributed by atoms with Crippen molar-refractivity contribution in [3.8, 4) is 0 Å². The Kier molecular flexibility index (Phi) is 41.5. The van der Waals surface area contributed by atoms with Crippen LogP contribution in [0.2, 0.25) is 0 Å². The molecule has 0 saturated heterocycles. The summed E-state index contributed by atoms with van der Waals surface area (Å²) in [6, 6.07) is 0.763. The molecule has 2 atom stereocenters. The van der Waals surface area contributed by atoms with Gasteiger partial charge in [-0.25, -0.2) is 0 Å². The molecule has 0 bridgehead atoms. The SMILES string of the molecule is CCCCCCCCC(CCCCCC)COC(=O)CCCCCN(CCCCCC(=O)OCC(CCCCCC)CCCCCCCC)CCN(CCCN(C)C)C1CCC1. The maximum atomic E-state index is 12.9. The lowest BCUT2D eigenvalue weighted by Gasteiger charge is -2.39. The van der Waals surface area contributed by atoms with Crippen LogP contribution >= 0.6 is 0 Å². The van der Waals surface area contributed by atoms with Crippen LogP contribution < -0.4 is 0 Å². The summed E-state index contributed by atoms with van der Waals surface area (Å²) >= 11 is 0. The van der Waals surface area contributed by atoms with Crippen LogP contribution in [0.4, 0.5) is 0 Å². The molecule has 0 N–H and O–H groups in total. The van der Waals surface area contributed by atoms with E-state index in [4.69, 9.17) is 9.47 Å². The highest BCUT2D eigenvalue weighted by Crippen LogP contribution is 2.25. The van der Waals surface area contributed by atoms with Crippen molar-refractivity contribution >= 4 is 11.9 Å². The van der Waals surface area contributed by atoms with Crippen molar-refractivity contribution in [3.63, 3.8) is 0 Å². The van der Waals surface area contributed by atoms with Crippen LogP contribution in [0.5, 0.6) is 0 Å². The van der Waals surface area contributed by atoms with Crippen molar-refractivity contribution in [1.82, 2.24) is 14.7 Å². The van der Waals surface area contributed by atoms with E-state index in [2.05, 4.69) is 56.5 Å². The summed E-state index contributed by atoms with van der Waals surface area (Å²) in [4.78, 5) is 33.5. The zero-order valence-corrected chi connectivity index (χ0v) is 42.8. The Labute approximate surface area is 387 Å². The smallest absolute Gasteiger partial charge is 0.305 e. The average molecular weight is 876 g/mol. The van der Waals surface area contributed by atoms with E-state index in [9.17, 15) is 9.59 Å². The van der Waals surface area contributed by atoms with Gasteiger partial charge in [0.15, 0.2) is 0 Å². The third kappa shape index (κ3) is 36.1. The van der Waals surface area contributed by atoms with E-state index >= 15 is 0 Å². The fourth-order valence-electron chi connectivity index (χ4n) is 9.32. The molecule has 0 amide bonds. The predicted octanol–water partition coefficient (Wildman–Crippen LogP) is 15.0. The minimum Gasteiger partial charge on any atom is -0.465 e. The summed E-state index contributed by atoms with van der Waals surface area (Å²) in [5, 5.41) is 0. The minimum atomic E-state index is 0.0102. The Balaban J connectivity index is 2.56. The summed E-state index contributed by atoms with van der Waals surface area (Å²) in [7, 11) is 4.37. The molecule has 1 rings (SSSR count). The molecule has 0 aromatic carbocycles. The summed E-state index contributed by atoms with van der Waals surface area (Å²) in [5.41, 5.74) is 0. The van der Waals surface area contributed by atoms with Crippen molar-refractivity contribution in [3.05, 3.63) is 0 Å². The molecule has 1 aliphatic carbocycles. The molecule has 62 heavy (non-hydrogen) atoms. The highest BCUT2D eigenvalue weighted by molar-refractivity contribution is 5.69. The maximum Gasteiger partial charge on any atom is 0.305 e. The van der Waals surface area contributed by atoms with Gasteiger partial charge in [0.05, 0.1) is 13.2 Å². The normalized spacial score (nSPS) is 14.2. The van der Waals surface area contributed by atoms with Gasteiger partial charge in [0.25, 0.3) is 0 Å². The van der Waals surface area contributed by atoms with E-state index < -0.39 is 0 Å². The first-order valence-electron chi connectivity index (χ1n) is 27.7. The Morgan fingerprint density at radius 2 is 0.823 bits per heavy atom. The molecular formula is C55H109N3O4. The first-order valence-corrected chi connectivity index (χ1v) is 27.7. The van der Waals surface area contributed by atoms with E-state index in [0.717, 1.165) is 77.3 Å². The first-order chi connectivity index (χ1) is 30.3. The topological polar surface area (TPSA) is 62.3 Å². The second-order valence-electron chi connectivity index (χ2n) is 20.2. The second kappa shape index (κ2) is 43.7. The van der Waals surface area contributed by atoms with Gasteiger partial charge in [-0.3, -0.25) is 14.5 Å². The van der Waals surface area contributed by atoms with Crippen LogP contribution in [0, 0.1) is 11.8 Å². The van der Waals surface area contributed by atoms with Crippen molar-refractivity contribution in [1.29, 1.82) is 0 Å². The molecule has 0 heterocycles. The molecule has 1 aliphatic rings. The zero-order chi connectivity index (χ0) is 45.1. The molecule has 0 spiro atoms. The van der Waals surface area contributed by atoms with Gasteiger partial charge >= 0.3 is 11.9 Å². The Hall–Kier alpha value is -1.18. The fraction of sp³-hybridized carbons (Fsp3) is 0.964. The molecule has 0 radical (unpaired) electrons. The molecule has 0 aromatic heterocycles. The molecule has 0 aromatic rings. The van der Waals surface area contributed by atoms with Gasteiger partial charge in [0, 0.05) is 32.0 Å². The Morgan fingerprint density at radius 3 is 1.21 bits per heavy atom. The number of ether oxygens (including phenoxy) is 2. The molecule has 368 valence electrons. The summed E-state index contributed by atoms with van der Waals surface area (Å²) in [5.74, 6) is 1.08. The van der Waals surface area contributed by atoms with Gasteiger partial charge in [-0.05, 0) is 123 Å². The fourth-order valence-corrected chi connectivity index (χ4v) is 9.32. The Bertz CT molecular complexity index is 916. The molecular weight excluding hydrogens is 767 g/mol. The first kappa shape index (κ1) is 58.8. The third-order valence-electron chi connectivity index (χ3n) is 13.9. The number of nitrogens with zero attached hydrogens (tertiary/aromatic N) is 3. The molecule has 1 fully saturated rings. The van der Waals surface area contributed by atoms with Crippen molar-refractivity contribution in [2.45, 2.75) is 265 Å². The van der Waals surface area contributed by atoms with E-state index in [1.165, 1.54) is 186 Å². The zero-order valence-electron chi connectivity index (χ0n) is 42.8. The number of carbonyl (C=O) groups excluding carboxylic acids is 2. The molecule has 1 saturated carbocycles. The summed E-state index contributed by atoms with van der Waals surface area (Å²) in [6.45, 7) is 17.1. The minimum absolute atomic E-state index is 0.0102. The van der Waals surface area contributed by atoms with Crippen LogP contribution in [0.1, 0.15) is 259 Å². The Morgan fingerprint density at radius 1 is 0.435 bits per heavy atom. The quantitative estimate of drug-likeness (QED) is 0.0446. The number of unbranched alkanes of at least 4 members (excludes halogenated alkanes) is 20.